The third-order valence-electron chi connectivity index (χ3n) is 3.25. The highest BCUT2D eigenvalue weighted by atomic mass is 35.5. The molecule has 0 aliphatic heterocycles. The minimum absolute atomic E-state index is 0.0206. The van der Waals surface area contributed by atoms with Gasteiger partial charge in [-0.25, -0.2) is 4.39 Å². The van der Waals surface area contributed by atoms with E-state index in [1.54, 1.807) is 0 Å². The lowest BCUT2D eigenvalue weighted by molar-refractivity contribution is 0.102. The predicted molar refractivity (Wildman–Crippen MR) is 97.7 cm³/mol. The van der Waals surface area contributed by atoms with Crippen LogP contribution in [0.4, 0.5) is 10.1 Å². The lowest BCUT2D eigenvalue weighted by Gasteiger charge is -2.15. The Labute approximate surface area is 155 Å². The monoisotopic (exact) mass is 385 g/mol. The van der Waals surface area contributed by atoms with E-state index in [9.17, 15) is 9.18 Å². The second-order valence-corrected chi connectivity index (χ2v) is 6.56. The molecular weight excluding hydrogens is 368 g/mol. The lowest BCUT2D eigenvalue weighted by atomic mass is 10.1. The fraction of sp³-hybridized carbons (Fsp3) is 0.278. The molecular formula is C18H18Cl2FNO3. The van der Waals surface area contributed by atoms with Crippen molar-refractivity contribution in [3.63, 3.8) is 0 Å². The van der Waals surface area contributed by atoms with Gasteiger partial charge in [0.25, 0.3) is 5.91 Å². The zero-order chi connectivity index (χ0) is 18.6. The first kappa shape index (κ1) is 19.3. The van der Waals surface area contributed by atoms with Crippen molar-refractivity contribution in [2.45, 2.75) is 13.8 Å². The number of carbonyl (C=O) groups excluding carboxylic acids is 1. The maximum absolute atomic E-state index is 13.9. The van der Waals surface area contributed by atoms with Gasteiger partial charge in [-0.2, -0.15) is 0 Å². The smallest absolute Gasteiger partial charge is 0.255 e. The molecule has 1 N–H and O–H groups in total. The Hall–Kier alpha value is -1.98. The molecule has 25 heavy (non-hydrogen) atoms. The summed E-state index contributed by atoms with van der Waals surface area (Å²) in [7, 11) is 1.45. The van der Waals surface area contributed by atoms with Crippen molar-refractivity contribution < 1.29 is 18.7 Å². The number of anilines is 1. The molecule has 0 fully saturated rings. The van der Waals surface area contributed by atoms with Gasteiger partial charge in [-0.05, 0) is 30.2 Å². The average molecular weight is 386 g/mol. The highest BCUT2D eigenvalue weighted by Crippen LogP contribution is 2.37. The molecule has 0 aliphatic carbocycles. The van der Waals surface area contributed by atoms with E-state index < -0.39 is 11.7 Å². The molecule has 1 amide bonds. The van der Waals surface area contributed by atoms with Crippen molar-refractivity contribution in [1.29, 1.82) is 0 Å². The second kappa shape index (κ2) is 8.41. The molecule has 0 bridgehead atoms. The molecule has 2 rings (SSSR count). The summed E-state index contributed by atoms with van der Waals surface area (Å²) in [6.45, 7) is 4.46. The molecule has 0 spiro atoms. The van der Waals surface area contributed by atoms with Crippen LogP contribution in [0.3, 0.4) is 0 Å². The van der Waals surface area contributed by atoms with Gasteiger partial charge in [0, 0.05) is 5.56 Å². The summed E-state index contributed by atoms with van der Waals surface area (Å²) in [5, 5.41) is 2.62. The number of hydrogen-bond acceptors (Lipinski definition) is 3. The number of ether oxygens (including phenoxy) is 2. The Morgan fingerprint density at radius 1 is 1.24 bits per heavy atom. The van der Waals surface area contributed by atoms with E-state index in [0.717, 1.165) is 0 Å². The summed E-state index contributed by atoms with van der Waals surface area (Å²) in [5.74, 6) is -0.257. The Bertz CT molecular complexity index is 781. The normalized spacial score (nSPS) is 10.7. The fourth-order valence-corrected chi connectivity index (χ4v) is 2.48. The zero-order valence-corrected chi connectivity index (χ0v) is 15.5. The van der Waals surface area contributed by atoms with Crippen LogP contribution < -0.4 is 14.8 Å². The number of hydrogen-bond donors (Lipinski definition) is 1. The van der Waals surface area contributed by atoms with Crippen LogP contribution in [0.25, 0.3) is 0 Å². The molecule has 0 saturated heterocycles. The molecule has 0 atom stereocenters. The van der Waals surface area contributed by atoms with Crippen LogP contribution >= 0.6 is 23.2 Å². The molecule has 0 radical (unpaired) electrons. The molecule has 7 heteroatoms. The molecule has 0 unspecified atom stereocenters. The van der Waals surface area contributed by atoms with Gasteiger partial charge in [-0.15, -0.1) is 0 Å². The molecule has 0 heterocycles. The second-order valence-electron chi connectivity index (χ2n) is 5.75. The number of methoxy groups -OCH3 is 1. The summed E-state index contributed by atoms with van der Waals surface area (Å²) in [6.07, 6.45) is 0. The van der Waals surface area contributed by atoms with Gasteiger partial charge >= 0.3 is 0 Å². The third-order valence-corrected chi connectivity index (χ3v) is 3.83. The van der Waals surface area contributed by atoms with E-state index in [-0.39, 0.29) is 21.3 Å². The first-order valence-corrected chi connectivity index (χ1v) is 8.34. The predicted octanol–water partition coefficient (Wildman–Crippen LogP) is 5.43. The highest BCUT2D eigenvalue weighted by Gasteiger charge is 2.18. The zero-order valence-electron chi connectivity index (χ0n) is 14.0. The number of rotatable bonds is 6. The molecule has 0 aliphatic rings. The first-order valence-electron chi connectivity index (χ1n) is 7.59. The Morgan fingerprint density at radius 3 is 2.60 bits per heavy atom. The summed E-state index contributed by atoms with van der Waals surface area (Å²) in [5.41, 5.74) is 0.186. The van der Waals surface area contributed by atoms with E-state index in [2.05, 4.69) is 5.32 Å². The third kappa shape index (κ3) is 4.77. The van der Waals surface area contributed by atoms with Crippen LogP contribution in [0.15, 0.2) is 30.3 Å². The molecule has 0 saturated carbocycles. The quantitative estimate of drug-likeness (QED) is 0.720. The number of carbonyl (C=O) groups is 1. The number of nitrogens with one attached hydrogen (secondary N) is 1. The van der Waals surface area contributed by atoms with E-state index in [1.165, 1.54) is 37.4 Å². The summed E-state index contributed by atoms with van der Waals surface area (Å²) >= 11 is 11.9. The molecule has 4 nitrogen and oxygen atoms in total. The standard InChI is InChI=1S/C18H18Cl2FNO3/c1-10(2)9-25-17-13(20)7-11(8-15(17)24-3)18(23)22-14-6-4-5-12(19)16(14)21/h4-8,10H,9H2,1-3H3,(H,22,23). The number of amides is 1. The largest absolute Gasteiger partial charge is 0.493 e. The van der Waals surface area contributed by atoms with Gasteiger partial charge in [-0.1, -0.05) is 43.1 Å². The van der Waals surface area contributed by atoms with Crippen molar-refractivity contribution in [2.24, 2.45) is 5.92 Å². The van der Waals surface area contributed by atoms with Gasteiger partial charge in [0.1, 0.15) is 0 Å². The molecule has 2 aromatic carbocycles. The van der Waals surface area contributed by atoms with Crippen molar-refractivity contribution in [1.82, 2.24) is 0 Å². The maximum atomic E-state index is 13.9. The van der Waals surface area contributed by atoms with Gasteiger partial charge in [0.15, 0.2) is 17.3 Å². The molecule has 2 aromatic rings. The number of halogens is 3. The SMILES string of the molecule is COc1cc(C(=O)Nc2cccc(Cl)c2F)cc(Cl)c1OCC(C)C. The first-order chi connectivity index (χ1) is 11.8. The van der Waals surface area contributed by atoms with E-state index in [4.69, 9.17) is 32.7 Å². The van der Waals surface area contributed by atoms with Crippen LogP contribution in [0.1, 0.15) is 24.2 Å². The van der Waals surface area contributed by atoms with Crippen LogP contribution in [0.5, 0.6) is 11.5 Å². The Kier molecular flexibility index (Phi) is 6.51. The maximum Gasteiger partial charge on any atom is 0.255 e. The van der Waals surface area contributed by atoms with Crippen LogP contribution in [0.2, 0.25) is 10.0 Å². The van der Waals surface area contributed by atoms with Gasteiger partial charge in [0.2, 0.25) is 0 Å². The summed E-state index contributed by atoms with van der Waals surface area (Å²) < 4.78 is 24.8. The van der Waals surface area contributed by atoms with E-state index >= 15 is 0 Å². The Balaban J connectivity index is 2.28. The van der Waals surface area contributed by atoms with Crippen LogP contribution in [-0.2, 0) is 0 Å². The van der Waals surface area contributed by atoms with Crippen LogP contribution in [0, 0.1) is 11.7 Å². The average Bonchev–Trinajstić information content (AvgIpc) is 2.56. The van der Waals surface area contributed by atoms with E-state index in [1.807, 2.05) is 13.8 Å². The van der Waals surface area contributed by atoms with Crippen molar-refractivity contribution in [3.8, 4) is 11.5 Å². The van der Waals surface area contributed by atoms with E-state index in [0.29, 0.717) is 24.0 Å². The molecule has 134 valence electrons. The van der Waals surface area contributed by atoms with Gasteiger partial charge in [0.05, 0.1) is 29.4 Å². The minimum Gasteiger partial charge on any atom is -0.493 e. The summed E-state index contributed by atoms with van der Waals surface area (Å²) in [4.78, 5) is 12.4. The van der Waals surface area contributed by atoms with Gasteiger partial charge in [-0.3, -0.25) is 4.79 Å². The van der Waals surface area contributed by atoms with Crippen molar-refractivity contribution in [2.75, 3.05) is 19.0 Å². The number of benzene rings is 2. The molecule has 0 aromatic heterocycles. The van der Waals surface area contributed by atoms with Crippen molar-refractivity contribution >= 4 is 34.8 Å². The highest BCUT2D eigenvalue weighted by molar-refractivity contribution is 6.33. The van der Waals surface area contributed by atoms with Gasteiger partial charge < -0.3 is 14.8 Å². The van der Waals surface area contributed by atoms with Crippen molar-refractivity contribution in [3.05, 3.63) is 51.8 Å². The minimum atomic E-state index is -0.701. The lowest BCUT2D eigenvalue weighted by Crippen LogP contribution is -2.14. The topological polar surface area (TPSA) is 47.6 Å². The fourth-order valence-electron chi connectivity index (χ4n) is 2.04. The Morgan fingerprint density at radius 2 is 1.96 bits per heavy atom. The summed E-state index contributed by atoms with van der Waals surface area (Å²) in [6, 6.07) is 7.28. The van der Waals surface area contributed by atoms with Crippen LogP contribution in [-0.4, -0.2) is 19.6 Å².